The maximum absolute atomic E-state index is 6.08. The molecule has 1 unspecified atom stereocenters. The average molecular weight is 233 g/mol. The minimum atomic E-state index is 0.189. The molecule has 0 saturated heterocycles. The van der Waals surface area contributed by atoms with Crippen LogP contribution in [0.4, 0.5) is 5.69 Å². The van der Waals surface area contributed by atoms with Crippen LogP contribution in [-0.4, -0.2) is 4.98 Å². The molecular weight excluding hydrogens is 220 g/mol. The zero-order valence-electron chi connectivity index (χ0n) is 9.02. The van der Waals surface area contributed by atoms with Gasteiger partial charge in [-0.2, -0.15) is 0 Å². The predicted octanol–water partition coefficient (Wildman–Crippen LogP) is 3.91. The van der Waals surface area contributed by atoms with Gasteiger partial charge in [0.15, 0.2) is 0 Å². The SMILES string of the molecule is CC(Nc1ccccc1Cl)c1cccnc1. The summed E-state index contributed by atoms with van der Waals surface area (Å²) in [6, 6.07) is 11.9. The van der Waals surface area contributed by atoms with Gasteiger partial charge in [0.05, 0.1) is 16.8 Å². The molecule has 0 spiro atoms. The fourth-order valence-electron chi connectivity index (χ4n) is 1.53. The zero-order chi connectivity index (χ0) is 11.4. The van der Waals surface area contributed by atoms with Crippen LogP contribution in [0.2, 0.25) is 5.02 Å². The van der Waals surface area contributed by atoms with Crippen molar-refractivity contribution in [3.63, 3.8) is 0 Å². The van der Waals surface area contributed by atoms with Crippen LogP contribution >= 0.6 is 11.6 Å². The molecule has 2 nitrogen and oxygen atoms in total. The normalized spacial score (nSPS) is 12.1. The van der Waals surface area contributed by atoms with Crippen molar-refractivity contribution in [2.24, 2.45) is 0 Å². The molecule has 3 heteroatoms. The van der Waals surface area contributed by atoms with E-state index >= 15 is 0 Å². The van der Waals surface area contributed by atoms with Gasteiger partial charge in [-0.25, -0.2) is 0 Å². The first kappa shape index (κ1) is 11.0. The van der Waals surface area contributed by atoms with Crippen LogP contribution < -0.4 is 5.32 Å². The topological polar surface area (TPSA) is 24.9 Å². The fraction of sp³-hybridized carbons (Fsp3) is 0.154. The van der Waals surface area contributed by atoms with Gasteiger partial charge >= 0.3 is 0 Å². The van der Waals surface area contributed by atoms with Gasteiger partial charge in [-0.05, 0) is 30.7 Å². The first-order chi connectivity index (χ1) is 7.77. The lowest BCUT2D eigenvalue weighted by molar-refractivity contribution is 0.876. The first-order valence-corrected chi connectivity index (χ1v) is 5.56. The number of pyridine rings is 1. The Bertz CT molecular complexity index is 456. The van der Waals surface area contributed by atoms with Crippen molar-refractivity contribution in [1.82, 2.24) is 4.98 Å². The molecule has 0 amide bonds. The van der Waals surface area contributed by atoms with Crippen LogP contribution in [0, 0.1) is 0 Å². The molecule has 2 rings (SSSR count). The van der Waals surface area contributed by atoms with Crippen LogP contribution in [0.1, 0.15) is 18.5 Å². The zero-order valence-corrected chi connectivity index (χ0v) is 9.78. The van der Waals surface area contributed by atoms with E-state index in [1.165, 1.54) is 0 Å². The van der Waals surface area contributed by atoms with Gasteiger partial charge in [-0.15, -0.1) is 0 Å². The second-order valence-electron chi connectivity index (χ2n) is 3.63. The van der Waals surface area contributed by atoms with Crippen LogP contribution in [-0.2, 0) is 0 Å². The molecule has 0 bridgehead atoms. The van der Waals surface area contributed by atoms with Crippen molar-refractivity contribution in [1.29, 1.82) is 0 Å². The standard InChI is InChI=1S/C13H13ClN2/c1-10(11-5-4-8-15-9-11)16-13-7-3-2-6-12(13)14/h2-10,16H,1H3. The lowest BCUT2D eigenvalue weighted by Crippen LogP contribution is -2.06. The molecule has 0 saturated carbocycles. The maximum Gasteiger partial charge on any atom is 0.0637 e. The van der Waals surface area contributed by atoms with E-state index in [1.807, 2.05) is 42.6 Å². The van der Waals surface area contributed by atoms with Crippen molar-refractivity contribution in [2.75, 3.05) is 5.32 Å². The summed E-state index contributed by atoms with van der Waals surface area (Å²) < 4.78 is 0. The Morgan fingerprint density at radius 3 is 2.69 bits per heavy atom. The Kier molecular flexibility index (Phi) is 3.42. The summed E-state index contributed by atoms with van der Waals surface area (Å²) in [6.07, 6.45) is 3.63. The van der Waals surface area contributed by atoms with Gasteiger partial charge < -0.3 is 5.32 Å². The Hall–Kier alpha value is -1.54. The minimum Gasteiger partial charge on any atom is -0.377 e. The van der Waals surface area contributed by atoms with E-state index in [0.29, 0.717) is 0 Å². The number of anilines is 1. The number of nitrogens with one attached hydrogen (secondary N) is 1. The smallest absolute Gasteiger partial charge is 0.0637 e. The summed E-state index contributed by atoms with van der Waals surface area (Å²) in [6.45, 7) is 2.08. The summed E-state index contributed by atoms with van der Waals surface area (Å²) >= 11 is 6.08. The number of benzene rings is 1. The van der Waals surface area contributed by atoms with Gasteiger partial charge in [-0.3, -0.25) is 4.98 Å². The number of para-hydroxylation sites is 1. The molecule has 0 radical (unpaired) electrons. The van der Waals surface area contributed by atoms with Gasteiger partial charge in [0, 0.05) is 12.4 Å². The molecule has 0 aliphatic rings. The Labute approximate surface area is 100 Å². The second-order valence-corrected chi connectivity index (χ2v) is 4.04. The van der Waals surface area contributed by atoms with Crippen LogP contribution in [0.25, 0.3) is 0 Å². The molecule has 0 fully saturated rings. The molecule has 82 valence electrons. The molecule has 1 heterocycles. The third kappa shape index (κ3) is 2.52. The van der Waals surface area contributed by atoms with Crippen molar-refractivity contribution >= 4 is 17.3 Å². The van der Waals surface area contributed by atoms with Gasteiger partial charge in [0.25, 0.3) is 0 Å². The molecule has 0 aliphatic carbocycles. The summed E-state index contributed by atoms with van der Waals surface area (Å²) in [5, 5.41) is 4.09. The monoisotopic (exact) mass is 232 g/mol. The molecule has 1 aromatic heterocycles. The second kappa shape index (κ2) is 4.99. The van der Waals surface area contributed by atoms with Gasteiger partial charge in [-0.1, -0.05) is 29.8 Å². The lowest BCUT2D eigenvalue weighted by atomic mass is 10.1. The molecule has 16 heavy (non-hydrogen) atoms. The van der Waals surface area contributed by atoms with E-state index in [4.69, 9.17) is 11.6 Å². The summed E-state index contributed by atoms with van der Waals surface area (Å²) in [5.74, 6) is 0. The van der Waals surface area contributed by atoms with Crippen LogP contribution in [0.3, 0.4) is 0 Å². The van der Waals surface area contributed by atoms with Crippen molar-refractivity contribution < 1.29 is 0 Å². The molecule has 1 N–H and O–H groups in total. The number of rotatable bonds is 3. The highest BCUT2D eigenvalue weighted by molar-refractivity contribution is 6.33. The molecule has 0 aliphatic heterocycles. The highest BCUT2D eigenvalue weighted by Crippen LogP contribution is 2.25. The number of nitrogens with zero attached hydrogens (tertiary/aromatic N) is 1. The minimum absolute atomic E-state index is 0.189. The summed E-state index contributed by atoms with van der Waals surface area (Å²) in [7, 11) is 0. The number of aromatic nitrogens is 1. The largest absolute Gasteiger partial charge is 0.377 e. The predicted molar refractivity (Wildman–Crippen MR) is 67.7 cm³/mol. The highest BCUT2D eigenvalue weighted by atomic mass is 35.5. The average Bonchev–Trinajstić information content (AvgIpc) is 2.33. The fourth-order valence-corrected chi connectivity index (χ4v) is 1.72. The lowest BCUT2D eigenvalue weighted by Gasteiger charge is -2.16. The first-order valence-electron chi connectivity index (χ1n) is 5.18. The van der Waals surface area contributed by atoms with E-state index in [-0.39, 0.29) is 6.04 Å². The van der Waals surface area contributed by atoms with E-state index in [0.717, 1.165) is 16.3 Å². The maximum atomic E-state index is 6.08. The van der Waals surface area contributed by atoms with Crippen LogP contribution in [0.15, 0.2) is 48.8 Å². The van der Waals surface area contributed by atoms with E-state index in [2.05, 4.69) is 17.2 Å². The number of halogens is 1. The summed E-state index contributed by atoms with van der Waals surface area (Å²) in [4.78, 5) is 4.10. The van der Waals surface area contributed by atoms with Crippen molar-refractivity contribution in [2.45, 2.75) is 13.0 Å². The van der Waals surface area contributed by atoms with E-state index in [1.54, 1.807) is 6.20 Å². The van der Waals surface area contributed by atoms with E-state index in [9.17, 15) is 0 Å². The van der Waals surface area contributed by atoms with Crippen molar-refractivity contribution in [3.05, 3.63) is 59.4 Å². The third-order valence-corrected chi connectivity index (χ3v) is 2.76. The molecule has 1 atom stereocenters. The third-order valence-electron chi connectivity index (χ3n) is 2.43. The quantitative estimate of drug-likeness (QED) is 0.868. The Morgan fingerprint density at radius 1 is 1.19 bits per heavy atom. The van der Waals surface area contributed by atoms with E-state index < -0.39 is 0 Å². The van der Waals surface area contributed by atoms with Crippen LogP contribution in [0.5, 0.6) is 0 Å². The van der Waals surface area contributed by atoms with Gasteiger partial charge in [0.2, 0.25) is 0 Å². The highest BCUT2D eigenvalue weighted by Gasteiger charge is 2.06. The Balaban J connectivity index is 2.14. The Morgan fingerprint density at radius 2 is 2.00 bits per heavy atom. The molecule has 2 aromatic rings. The number of hydrogen-bond acceptors (Lipinski definition) is 2. The molecule has 1 aromatic carbocycles. The molecular formula is C13H13ClN2. The van der Waals surface area contributed by atoms with Crippen molar-refractivity contribution in [3.8, 4) is 0 Å². The number of hydrogen-bond donors (Lipinski definition) is 1. The van der Waals surface area contributed by atoms with Gasteiger partial charge in [0.1, 0.15) is 0 Å². The summed E-state index contributed by atoms with van der Waals surface area (Å²) in [5.41, 5.74) is 2.09.